The van der Waals surface area contributed by atoms with E-state index in [2.05, 4.69) is 27.5 Å². The Morgan fingerprint density at radius 3 is 3.00 bits per heavy atom. The van der Waals surface area contributed by atoms with Crippen molar-refractivity contribution in [2.75, 3.05) is 11.9 Å². The second-order valence-electron chi connectivity index (χ2n) is 5.77. The Morgan fingerprint density at radius 2 is 2.12 bits per heavy atom. The van der Waals surface area contributed by atoms with Gasteiger partial charge >= 0.3 is 6.01 Å². The summed E-state index contributed by atoms with van der Waals surface area (Å²) in [5.74, 6) is 1.79. The second-order valence-corrected chi connectivity index (χ2v) is 5.77. The van der Waals surface area contributed by atoms with Gasteiger partial charge in [-0.1, -0.05) is 24.2 Å². The molecule has 1 aliphatic heterocycles. The summed E-state index contributed by atoms with van der Waals surface area (Å²) in [6, 6.07) is 7.86. The SMILES string of the molecule is CCCn1cc(CNc2nnc([C@H]3COc4ccccc4O3)o2)cn1. The first-order valence-electron chi connectivity index (χ1n) is 8.29. The van der Waals surface area contributed by atoms with Crippen LogP contribution in [0, 0.1) is 0 Å². The third-order valence-corrected chi connectivity index (χ3v) is 3.81. The third kappa shape index (κ3) is 3.42. The maximum absolute atomic E-state index is 5.86. The smallest absolute Gasteiger partial charge is 0.315 e. The summed E-state index contributed by atoms with van der Waals surface area (Å²) in [4.78, 5) is 0. The van der Waals surface area contributed by atoms with Gasteiger partial charge in [0.1, 0.15) is 6.61 Å². The van der Waals surface area contributed by atoms with Crippen molar-refractivity contribution in [1.29, 1.82) is 0 Å². The Kier molecular flexibility index (Phi) is 4.24. The van der Waals surface area contributed by atoms with Crippen molar-refractivity contribution in [3.8, 4) is 11.5 Å². The minimum Gasteiger partial charge on any atom is -0.485 e. The first kappa shape index (κ1) is 15.5. The van der Waals surface area contributed by atoms with Crippen LogP contribution in [0.1, 0.15) is 30.9 Å². The van der Waals surface area contributed by atoms with Crippen molar-refractivity contribution >= 4 is 6.01 Å². The quantitative estimate of drug-likeness (QED) is 0.737. The third-order valence-electron chi connectivity index (χ3n) is 3.81. The molecule has 1 N–H and O–H groups in total. The van der Waals surface area contributed by atoms with E-state index in [0.29, 0.717) is 30.8 Å². The van der Waals surface area contributed by atoms with Gasteiger partial charge < -0.3 is 19.2 Å². The van der Waals surface area contributed by atoms with Crippen molar-refractivity contribution in [3.63, 3.8) is 0 Å². The van der Waals surface area contributed by atoms with Crippen molar-refractivity contribution < 1.29 is 13.9 Å². The molecule has 0 saturated heterocycles. The molecule has 1 aromatic carbocycles. The van der Waals surface area contributed by atoms with E-state index in [0.717, 1.165) is 24.3 Å². The first-order chi connectivity index (χ1) is 12.3. The van der Waals surface area contributed by atoms with E-state index in [1.165, 1.54) is 0 Å². The van der Waals surface area contributed by atoms with Gasteiger partial charge in [0.2, 0.25) is 6.10 Å². The molecule has 0 radical (unpaired) electrons. The predicted molar refractivity (Wildman–Crippen MR) is 89.4 cm³/mol. The van der Waals surface area contributed by atoms with Crippen LogP contribution >= 0.6 is 0 Å². The number of hydrogen-bond donors (Lipinski definition) is 1. The Balaban J connectivity index is 1.37. The van der Waals surface area contributed by atoms with Gasteiger partial charge in [-0.2, -0.15) is 5.10 Å². The van der Waals surface area contributed by atoms with Crippen LogP contribution in [0.5, 0.6) is 11.5 Å². The van der Waals surface area contributed by atoms with Gasteiger partial charge in [-0.3, -0.25) is 4.68 Å². The molecule has 0 spiro atoms. The number of aryl methyl sites for hydroxylation is 1. The zero-order valence-electron chi connectivity index (χ0n) is 13.9. The fourth-order valence-electron chi connectivity index (χ4n) is 2.60. The molecule has 0 bridgehead atoms. The number of fused-ring (bicyclic) bond motifs is 1. The summed E-state index contributed by atoms with van der Waals surface area (Å²) in [6.07, 6.45) is 4.47. The van der Waals surface area contributed by atoms with Crippen LogP contribution in [0.4, 0.5) is 6.01 Å². The number of para-hydroxylation sites is 2. The summed E-state index contributed by atoms with van der Waals surface area (Å²) < 4.78 is 19.1. The summed E-state index contributed by atoms with van der Waals surface area (Å²) in [6.45, 7) is 3.93. The predicted octanol–water partition coefficient (Wildman–Crippen LogP) is 2.80. The van der Waals surface area contributed by atoms with Crippen LogP contribution < -0.4 is 14.8 Å². The number of rotatable bonds is 6. The number of hydrogen-bond acceptors (Lipinski definition) is 7. The highest BCUT2D eigenvalue weighted by Gasteiger charge is 2.27. The van der Waals surface area contributed by atoms with E-state index in [1.807, 2.05) is 41.3 Å². The summed E-state index contributed by atoms with van der Waals surface area (Å²) in [5.41, 5.74) is 1.05. The zero-order valence-corrected chi connectivity index (χ0v) is 13.9. The van der Waals surface area contributed by atoms with E-state index in [-0.39, 0.29) is 0 Å². The van der Waals surface area contributed by atoms with E-state index < -0.39 is 6.10 Å². The highest BCUT2D eigenvalue weighted by molar-refractivity contribution is 5.41. The number of aromatic nitrogens is 4. The number of anilines is 1. The molecular weight excluding hydrogens is 322 g/mol. The minimum absolute atomic E-state index is 0.336. The number of ether oxygens (including phenoxy) is 2. The number of nitrogens with one attached hydrogen (secondary N) is 1. The molecule has 0 amide bonds. The van der Waals surface area contributed by atoms with E-state index in [1.54, 1.807) is 0 Å². The molecule has 0 unspecified atom stereocenters. The standard InChI is InChI=1S/C17H19N5O3/c1-2-7-22-10-12(9-19-22)8-18-17-21-20-16(25-17)15-11-23-13-5-3-4-6-14(13)24-15/h3-6,9-10,15H,2,7-8,11H2,1H3,(H,18,21)/t15-/m1/s1. The highest BCUT2D eigenvalue weighted by atomic mass is 16.6. The van der Waals surface area contributed by atoms with Crippen LogP contribution in [0.2, 0.25) is 0 Å². The fourth-order valence-corrected chi connectivity index (χ4v) is 2.60. The van der Waals surface area contributed by atoms with Crippen molar-refractivity contribution in [1.82, 2.24) is 20.0 Å². The molecule has 4 rings (SSSR count). The minimum atomic E-state index is -0.412. The normalized spacial score (nSPS) is 16.0. The molecule has 3 heterocycles. The monoisotopic (exact) mass is 341 g/mol. The molecule has 3 aromatic rings. The molecule has 1 aliphatic rings. The lowest BCUT2D eigenvalue weighted by Crippen LogP contribution is -2.21. The van der Waals surface area contributed by atoms with Crippen LogP contribution in [0.3, 0.4) is 0 Å². The summed E-state index contributed by atoms with van der Waals surface area (Å²) in [7, 11) is 0. The van der Waals surface area contributed by atoms with E-state index in [9.17, 15) is 0 Å². The lowest BCUT2D eigenvalue weighted by molar-refractivity contribution is 0.0717. The lowest BCUT2D eigenvalue weighted by atomic mass is 10.2. The molecule has 1 atom stereocenters. The number of nitrogens with zero attached hydrogens (tertiary/aromatic N) is 4. The van der Waals surface area contributed by atoms with Crippen LogP contribution in [-0.2, 0) is 13.1 Å². The van der Waals surface area contributed by atoms with Crippen molar-refractivity contribution in [3.05, 3.63) is 48.1 Å². The molecule has 130 valence electrons. The van der Waals surface area contributed by atoms with Crippen LogP contribution in [0.15, 0.2) is 41.1 Å². The van der Waals surface area contributed by atoms with Crippen LogP contribution in [-0.4, -0.2) is 26.6 Å². The summed E-state index contributed by atoms with van der Waals surface area (Å²) in [5, 5.41) is 15.5. The second kappa shape index (κ2) is 6.84. The Morgan fingerprint density at radius 1 is 1.24 bits per heavy atom. The molecule has 0 saturated carbocycles. The maximum Gasteiger partial charge on any atom is 0.315 e. The average Bonchev–Trinajstić information content (AvgIpc) is 3.29. The van der Waals surface area contributed by atoms with Gasteiger partial charge in [0.15, 0.2) is 11.5 Å². The largest absolute Gasteiger partial charge is 0.485 e. The first-order valence-corrected chi connectivity index (χ1v) is 8.29. The van der Waals surface area contributed by atoms with Gasteiger partial charge in [0.25, 0.3) is 5.89 Å². The van der Waals surface area contributed by atoms with E-state index in [4.69, 9.17) is 13.9 Å². The highest BCUT2D eigenvalue weighted by Crippen LogP contribution is 2.35. The van der Waals surface area contributed by atoms with Crippen molar-refractivity contribution in [2.45, 2.75) is 32.5 Å². The molecule has 25 heavy (non-hydrogen) atoms. The number of benzene rings is 1. The fraction of sp³-hybridized carbons (Fsp3) is 0.353. The summed E-state index contributed by atoms with van der Waals surface area (Å²) >= 11 is 0. The lowest BCUT2D eigenvalue weighted by Gasteiger charge is -2.23. The Labute approximate surface area is 144 Å². The molecule has 8 nitrogen and oxygen atoms in total. The average molecular weight is 341 g/mol. The van der Waals surface area contributed by atoms with Gasteiger partial charge in [-0.15, -0.1) is 5.10 Å². The van der Waals surface area contributed by atoms with Gasteiger partial charge in [-0.25, -0.2) is 0 Å². The molecule has 0 aliphatic carbocycles. The Bertz CT molecular complexity index is 844. The van der Waals surface area contributed by atoms with Crippen molar-refractivity contribution in [2.24, 2.45) is 0 Å². The molecule has 8 heteroatoms. The van der Waals surface area contributed by atoms with Gasteiger partial charge in [-0.05, 0) is 18.6 Å². The molecule has 2 aromatic heterocycles. The Hall–Kier alpha value is -3.03. The molecule has 0 fully saturated rings. The van der Waals surface area contributed by atoms with Gasteiger partial charge in [0, 0.05) is 24.8 Å². The topological polar surface area (TPSA) is 87.2 Å². The van der Waals surface area contributed by atoms with Gasteiger partial charge in [0.05, 0.1) is 6.20 Å². The maximum atomic E-state index is 5.86. The van der Waals surface area contributed by atoms with E-state index >= 15 is 0 Å². The zero-order chi connectivity index (χ0) is 17.1. The molecular formula is C17H19N5O3. The van der Waals surface area contributed by atoms with Crippen LogP contribution in [0.25, 0.3) is 0 Å².